The summed E-state index contributed by atoms with van der Waals surface area (Å²) in [6, 6.07) is 75.2. The van der Waals surface area contributed by atoms with E-state index in [-0.39, 0.29) is 0 Å². The van der Waals surface area contributed by atoms with Gasteiger partial charge in [-0.15, -0.1) is 10.2 Å². The molecule has 4 nitrogen and oxygen atoms in total. The van der Waals surface area contributed by atoms with E-state index < -0.39 is 0 Å². The van der Waals surface area contributed by atoms with E-state index in [0.717, 1.165) is 111 Å². The lowest BCUT2D eigenvalue weighted by Crippen LogP contribution is -2.25. The van der Waals surface area contributed by atoms with E-state index in [2.05, 4.69) is 218 Å². The third-order valence-electron chi connectivity index (χ3n) is 12.3. The Kier molecular flexibility index (Phi) is 8.46. The van der Waals surface area contributed by atoms with E-state index in [1.165, 1.54) is 11.1 Å². The highest BCUT2D eigenvalue weighted by Crippen LogP contribution is 2.50. The summed E-state index contributed by atoms with van der Waals surface area (Å²) in [6.45, 7) is 0. The fraction of sp³-hybridized carbons (Fsp3) is 0. The van der Waals surface area contributed by atoms with Crippen molar-refractivity contribution in [1.82, 2.24) is 15.4 Å². The molecule has 0 saturated carbocycles. The Bertz CT molecular complexity index is 3510. The number of hydrogen-bond donors (Lipinski definition) is 0. The molecule has 0 saturated heterocycles. The molecule has 0 fully saturated rings. The van der Waals surface area contributed by atoms with Crippen LogP contribution in [0.5, 0.6) is 0 Å². The summed E-state index contributed by atoms with van der Waals surface area (Å²) in [7, 11) is 0. The summed E-state index contributed by atoms with van der Waals surface area (Å²) in [5.41, 5.74) is 21.1. The van der Waals surface area contributed by atoms with Gasteiger partial charge in [0.05, 0.1) is 11.0 Å². The van der Waals surface area contributed by atoms with Gasteiger partial charge in [-0.05, 0) is 84.1 Å². The van der Waals surface area contributed by atoms with Crippen LogP contribution in [0.25, 0.3) is 106 Å². The molecule has 0 unspecified atom stereocenters. The highest BCUT2D eigenvalue weighted by molar-refractivity contribution is 6.07. The Morgan fingerprint density at radius 3 is 1.39 bits per heavy atom. The summed E-state index contributed by atoms with van der Waals surface area (Å²) in [5.74, 6) is 0. The lowest BCUT2D eigenvalue weighted by Gasteiger charge is -2.22. The molecule has 62 heavy (non-hydrogen) atoms. The van der Waals surface area contributed by atoms with Crippen LogP contribution in [0, 0.1) is 0 Å². The van der Waals surface area contributed by atoms with Crippen molar-refractivity contribution in [3.05, 3.63) is 228 Å². The molecule has 288 valence electrons. The van der Waals surface area contributed by atoms with Crippen molar-refractivity contribution in [3.63, 3.8) is 0 Å². The Hall–Kier alpha value is -8.34. The summed E-state index contributed by atoms with van der Waals surface area (Å²) < 4.78 is 0. The molecule has 1 aliphatic carbocycles. The highest BCUT2D eigenvalue weighted by Gasteiger charge is 2.29. The predicted molar refractivity (Wildman–Crippen MR) is 253 cm³/mol. The molecule has 10 aromatic rings. The largest absolute Gasteiger partial charge is 0.247 e. The van der Waals surface area contributed by atoms with E-state index in [1.54, 1.807) is 0 Å². The minimum absolute atomic E-state index is 0.765. The smallest absolute Gasteiger partial charge is 0.106 e. The molecule has 12 rings (SSSR count). The van der Waals surface area contributed by atoms with Crippen molar-refractivity contribution in [1.29, 1.82) is 0 Å². The van der Waals surface area contributed by atoms with Gasteiger partial charge >= 0.3 is 0 Å². The number of fused-ring (bicyclic) bond motifs is 7. The van der Waals surface area contributed by atoms with Gasteiger partial charge in [-0.1, -0.05) is 206 Å². The van der Waals surface area contributed by atoms with Gasteiger partial charge in [0.25, 0.3) is 0 Å². The molecule has 1 aromatic heterocycles. The highest BCUT2D eigenvalue weighted by atomic mass is 15.3. The first-order chi connectivity index (χ1) is 30.8. The average Bonchev–Trinajstić information content (AvgIpc) is 3.93. The molecule has 0 spiro atoms. The predicted octanol–water partition coefficient (Wildman–Crippen LogP) is 13.3. The summed E-state index contributed by atoms with van der Waals surface area (Å²) in [4.78, 5) is 5.24. The summed E-state index contributed by atoms with van der Waals surface area (Å²) in [5, 5.41) is 16.8. The number of rotatable bonds is 7. The maximum atomic E-state index is 5.24. The molecule has 9 aromatic carbocycles. The second-order valence-corrected chi connectivity index (χ2v) is 15.7. The molecule has 0 amide bonds. The summed E-state index contributed by atoms with van der Waals surface area (Å²) >= 11 is 0. The van der Waals surface area contributed by atoms with Gasteiger partial charge in [0.2, 0.25) is 0 Å². The Labute approximate surface area is 359 Å². The van der Waals surface area contributed by atoms with Crippen LogP contribution in [0.3, 0.4) is 0 Å². The van der Waals surface area contributed by atoms with E-state index >= 15 is 0 Å². The topological polar surface area (TPSA) is 51.0 Å². The molecular weight excluding hydrogens is 753 g/mol. The molecule has 2 aliphatic rings. The zero-order valence-corrected chi connectivity index (χ0v) is 33.6. The van der Waals surface area contributed by atoms with Crippen LogP contribution >= 0.6 is 0 Å². The Morgan fingerprint density at radius 2 is 0.726 bits per heavy atom. The standard InChI is InChI=1S/C58H36N4/c1-4-18-37(19-5-1)40-24-10-12-26-42(40)43-27-13-14-28-44(43)49-34-32-45-46-33-35-50-47-29-16-17-31-53(47)59-57(50)52(46)36-51(45)54(49)58-55(56(60-62-61-58)39-22-8-3-9-23-39)48-30-15-11-25-41(48)38-20-6-2-7-21-38/h1-36H. The van der Waals surface area contributed by atoms with E-state index in [0.29, 0.717) is 0 Å². The van der Waals surface area contributed by atoms with Gasteiger partial charge in [0.15, 0.2) is 0 Å². The number of hydrogen-bond acceptors (Lipinski definition) is 4. The minimum Gasteiger partial charge on any atom is -0.247 e. The van der Waals surface area contributed by atoms with Crippen LogP contribution in [0.2, 0.25) is 0 Å². The molecule has 1 aliphatic heterocycles. The zero-order valence-electron chi connectivity index (χ0n) is 33.6. The number of aromatic nitrogens is 3. The Balaban J connectivity index is 1.20. The maximum Gasteiger partial charge on any atom is 0.106 e. The van der Waals surface area contributed by atoms with Gasteiger partial charge < -0.3 is 0 Å². The fourth-order valence-electron chi connectivity index (χ4n) is 9.54. The molecular formula is C58H36N4. The molecule has 0 radical (unpaired) electrons. The van der Waals surface area contributed by atoms with Crippen LogP contribution in [0.1, 0.15) is 5.56 Å². The van der Waals surface area contributed by atoms with Crippen molar-refractivity contribution >= 4 is 11.8 Å². The van der Waals surface area contributed by atoms with Crippen LogP contribution in [0.15, 0.2) is 217 Å². The number of benzene rings is 9. The second kappa shape index (κ2) is 14.7. The molecule has 0 atom stereocenters. The van der Waals surface area contributed by atoms with Gasteiger partial charge in [-0.25, -0.2) is 4.99 Å². The van der Waals surface area contributed by atoms with Crippen molar-refractivity contribution in [2.45, 2.75) is 0 Å². The first kappa shape index (κ1) is 35.6. The van der Waals surface area contributed by atoms with Gasteiger partial charge in [0.1, 0.15) is 11.4 Å². The quantitative estimate of drug-likeness (QED) is 0.162. The third kappa shape index (κ3) is 5.76. The molecule has 0 bridgehead atoms. The van der Waals surface area contributed by atoms with Gasteiger partial charge in [-0.2, -0.15) is 0 Å². The number of para-hydroxylation sites is 1. The van der Waals surface area contributed by atoms with Crippen LogP contribution in [-0.4, -0.2) is 15.4 Å². The Morgan fingerprint density at radius 1 is 0.274 bits per heavy atom. The van der Waals surface area contributed by atoms with Crippen molar-refractivity contribution in [2.24, 2.45) is 4.99 Å². The fourth-order valence-corrected chi connectivity index (χ4v) is 9.54. The van der Waals surface area contributed by atoms with Crippen LogP contribution < -0.4 is 10.6 Å². The SMILES string of the molecule is C1=c2c(ccc3c2=Nc2ccccc2-3)-c2ccc(-c3ccccc3-c3ccccc3-c3ccccc3)c(-c3nnnc(-c4ccccc4)c3-c3ccccc3-c3ccccc3)c21. The van der Waals surface area contributed by atoms with Gasteiger partial charge in [0, 0.05) is 33.0 Å². The van der Waals surface area contributed by atoms with Gasteiger partial charge in [-0.3, -0.25) is 0 Å². The monoisotopic (exact) mass is 788 g/mol. The zero-order chi connectivity index (χ0) is 41.0. The van der Waals surface area contributed by atoms with E-state index in [9.17, 15) is 0 Å². The molecule has 2 heterocycles. The summed E-state index contributed by atoms with van der Waals surface area (Å²) in [6.07, 6.45) is 2.34. The number of nitrogens with zero attached hydrogens (tertiary/aromatic N) is 4. The molecule has 0 N–H and O–H groups in total. The lowest BCUT2D eigenvalue weighted by atomic mass is 9.82. The van der Waals surface area contributed by atoms with Crippen molar-refractivity contribution in [3.8, 4) is 100 Å². The van der Waals surface area contributed by atoms with Crippen LogP contribution in [0.4, 0.5) is 5.69 Å². The van der Waals surface area contributed by atoms with Crippen molar-refractivity contribution in [2.75, 3.05) is 0 Å². The first-order valence-corrected chi connectivity index (χ1v) is 21.0. The lowest BCUT2D eigenvalue weighted by molar-refractivity contribution is 0.879. The maximum absolute atomic E-state index is 5.24. The normalized spacial score (nSPS) is 11.8. The van der Waals surface area contributed by atoms with E-state index in [1.807, 2.05) is 6.07 Å². The van der Waals surface area contributed by atoms with Crippen molar-refractivity contribution < 1.29 is 0 Å². The van der Waals surface area contributed by atoms with E-state index in [4.69, 9.17) is 15.2 Å². The molecule has 4 heteroatoms. The second-order valence-electron chi connectivity index (χ2n) is 15.7. The van der Waals surface area contributed by atoms with Crippen LogP contribution in [-0.2, 0) is 0 Å². The third-order valence-corrected chi connectivity index (χ3v) is 12.3. The average molecular weight is 789 g/mol. The minimum atomic E-state index is 0.765. The first-order valence-electron chi connectivity index (χ1n) is 21.0.